The van der Waals surface area contributed by atoms with Crippen molar-refractivity contribution >= 4 is 27.8 Å². The molecule has 6 heteroatoms. The lowest BCUT2D eigenvalue weighted by atomic mass is 9.99. The predicted molar refractivity (Wildman–Crippen MR) is 67.3 cm³/mol. The molecule has 1 aromatic rings. The van der Waals surface area contributed by atoms with Crippen LogP contribution in [0.4, 0.5) is 0 Å². The molecule has 0 saturated carbocycles. The predicted octanol–water partition coefficient (Wildman–Crippen LogP) is 2.51. The Morgan fingerprint density at radius 2 is 2.22 bits per heavy atom. The summed E-state index contributed by atoms with van der Waals surface area (Å²) in [5.41, 5.74) is 0. The number of halogens is 1. The third kappa shape index (κ3) is 2.93. The number of piperidine rings is 1. The highest BCUT2D eigenvalue weighted by molar-refractivity contribution is 9.10. The first-order chi connectivity index (χ1) is 8.58. The smallest absolute Gasteiger partial charge is 0.305 e. The van der Waals surface area contributed by atoms with Gasteiger partial charge in [-0.05, 0) is 47.3 Å². The molecule has 1 unspecified atom stereocenters. The summed E-state index contributed by atoms with van der Waals surface area (Å²) >= 11 is 3.15. The molecule has 1 fully saturated rings. The van der Waals surface area contributed by atoms with Crippen LogP contribution in [0.25, 0.3) is 0 Å². The Kier molecular flexibility index (Phi) is 4.06. The molecule has 0 aliphatic carbocycles. The van der Waals surface area contributed by atoms with E-state index in [0.29, 0.717) is 11.2 Å². The van der Waals surface area contributed by atoms with Gasteiger partial charge in [-0.1, -0.05) is 0 Å². The number of carboxylic acids is 1. The van der Waals surface area contributed by atoms with Gasteiger partial charge in [-0.15, -0.1) is 0 Å². The minimum Gasteiger partial charge on any atom is -0.481 e. The van der Waals surface area contributed by atoms with E-state index in [-0.39, 0.29) is 24.1 Å². The van der Waals surface area contributed by atoms with Gasteiger partial charge < -0.3 is 14.4 Å². The summed E-state index contributed by atoms with van der Waals surface area (Å²) in [5.74, 6) is -0.855. The number of hydrogen-bond donors (Lipinski definition) is 1. The van der Waals surface area contributed by atoms with Gasteiger partial charge in [0, 0.05) is 12.6 Å². The van der Waals surface area contributed by atoms with Gasteiger partial charge in [-0.3, -0.25) is 9.59 Å². The van der Waals surface area contributed by atoms with Crippen LogP contribution in [0.2, 0.25) is 0 Å². The lowest BCUT2D eigenvalue weighted by molar-refractivity contribution is -0.138. The lowest BCUT2D eigenvalue weighted by Crippen LogP contribution is -2.44. The van der Waals surface area contributed by atoms with Gasteiger partial charge in [0.1, 0.15) is 0 Å². The first kappa shape index (κ1) is 13.1. The monoisotopic (exact) mass is 315 g/mol. The maximum atomic E-state index is 12.2. The van der Waals surface area contributed by atoms with E-state index in [9.17, 15) is 9.59 Å². The van der Waals surface area contributed by atoms with Crippen LogP contribution in [-0.4, -0.2) is 34.5 Å². The fourth-order valence-corrected chi connectivity index (χ4v) is 2.56. The largest absolute Gasteiger partial charge is 0.481 e. The van der Waals surface area contributed by atoms with Crippen LogP contribution in [-0.2, 0) is 4.79 Å². The van der Waals surface area contributed by atoms with E-state index in [2.05, 4.69) is 15.9 Å². The van der Waals surface area contributed by atoms with E-state index in [1.165, 1.54) is 0 Å². The second kappa shape index (κ2) is 5.56. The number of likely N-dealkylation sites (tertiary alicyclic amines) is 1. The van der Waals surface area contributed by atoms with Gasteiger partial charge in [0.2, 0.25) is 0 Å². The molecule has 0 aromatic carbocycles. The fraction of sp³-hybridized carbons (Fsp3) is 0.500. The summed E-state index contributed by atoms with van der Waals surface area (Å²) < 4.78 is 5.73. The van der Waals surface area contributed by atoms with Crippen LogP contribution in [0.5, 0.6) is 0 Å². The van der Waals surface area contributed by atoms with Crippen molar-refractivity contribution in [1.82, 2.24) is 4.90 Å². The Balaban J connectivity index is 2.13. The maximum absolute atomic E-state index is 12.2. The van der Waals surface area contributed by atoms with Crippen molar-refractivity contribution < 1.29 is 19.1 Å². The highest BCUT2D eigenvalue weighted by Gasteiger charge is 2.30. The summed E-state index contributed by atoms with van der Waals surface area (Å²) in [6, 6.07) is 3.02. The number of amides is 1. The zero-order valence-corrected chi connectivity index (χ0v) is 11.4. The van der Waals surface area contributed by atoms with E-state index in [1.807, 2.05) is 0 Å². The molecule has 5 nitrogen and oxygen atoms in total. The molecule has 1 aliphatic rings. The van der Waals surface area contributed by atoms with Gasteiger partial charge in [-0.2, -0.15) is 0 Å². The Morgan fingerprint density at radius 1 is 1.44 bits per heavy atom. The Hall–Kier alpha value is -1.30. The van der Waals surface area contributed by atoms with Crippen LogP contribution in [0, 0.1) is 0 Å². The Morgan fingerprint density at radius 3 is 2.83 bits per heavy atom. The molecule has 0 radical (unpaired) electrons. The molecule has 2 rings (SSSR count). The topological polar surface area (TPSA) is 70.8 Å². The zero-order valence-electron chi connectivity index (χ0n) is 9.76. The van der Waals surface area contributed by atoms with Crippen molar-refractivity contribution in [3.8, 4) is 0 Å². The van der Waals surface area contributed by atoms with Crippen LogP contribution in [0.1, 0.15) is 36.2 Å². The molecular weight excluding hydrogens is 302 g/mol. The Labute approximate surface area is 113 Å². The number of carbonyl (C=O) groups is 2. The Bertz CT molecular complexity index is 457. The molecule has 2 heterocycles. The van der Waals surface area contributed by atoms with Gasteiger partial charge in [-0.25, -0.2) is 0 Å². The zero-order chi connectivity index (χ0) is 13.1. The number of carboxylic acid groups (broad SMARTS) is 1. The standard InChI is InChI=1S/C12H14BrNO4/c13-10-5-4-9(18-10)12(17)14-6-2-1-3-8(14)7-11(15)16/h4-5,8H,1-3,6-7H2,(H,15,16). The third-order valence-electron chi connectivity index (χ3n) is 3.08. The first-order valence-electron chi connectivity index (χ1n) is 5.86. The second-order valence-electron chi connectivity index (χ2n) is 4.35. The van der Waals surface area contributed by atoms with Gasteiger partial charge in [0.25, 0.3) is 5.91 Å². The first-order valence-corrected chi connectivity index (χ1v) is 6.65. The van der Waals surface area contributed by atoms with E-state index >= 15 is 0 Å². The highest BCUT2D eigenvalue weighted by atomic mass is 79.9. The van der Waals surface area contributed by atoms with Crippen molar-refractivity contribution in [3.63, 3.8) is 0 Å². The minimum absolute atomic E-state index is 0.00633. The van der Waals surface area contributed by atoms with E-state index in [0.717, 1.165) is 19.3 Å². The molecule has 1 saturated heterocycles. The van der Waals surface area contributed by atoms with Gasteiger partial charge in [0.05, 0.1) is 6.42 Å². The molecule has 1 amide bonds. The highest BCUT2D eigenvalue weighted by Crippen LogP contribution is 2.23. The SMILES string of the molecule is O=C(O)CC1CCCCN1C(=O)c1ccc(Br)o1. The number of hydrogen-bond acceptors (Lipinski definition) is 3. The quantitative estimate of drug-likeness (QED) is 0.930. The molecular formula is C12H14BrNO4. The summed E-state index contributed by atoms with van der Waals surface area (Å²) in [4.78, 5) is 24.6. The summed E-state index contributed by atoms with van der Waals surface area (Å²) in [6.45, 7) is 0.592. The molecule has 18 heavy (non-hydrogen) atoms. The number of rotatable bonds is 3. The average Bonchev–Trinajstić information content (AvgIpc) is 2.75. The average molecular weight is 316 g/mol. The second-order valence-corrected chi connectivity index (χ2v) is 5.13. The number of furan rings is 1. The van der Waals surface area contributed by atoms with Crippen LogP contribution < -0.4 is 0 Å². The van der Waals surface area contributed by atoms with Crippen LogP contribution >= 0.6 is 15.9 Å². The van der Waals surface area contributed by atoms with Crippen molar-refractivity contribution in [1.29, 1.82) is 0 Å². The lowest BCUT2D eigenvalue weighted by Gasteiger charge is -2.34. The van der Waals surface area contributed by atoms with Gasteiger partial charge in [0.15, 0.2) is 10.4 Å². The molecule has 1 aromatic heterocycles. The number of nitrogens with zero attached hydrogens (tertiary/aromatic N) is 1. The van der Waals surface area contributed by atoms with Crippen molar-refractivity contribution in [2.45, 2.75) is 31.7 Å². The maximum Gasteiger partial charge on any atom is 0.305 e. The van der Waals surface area contributed by atoms with E-state index in [4.69, 9.17) is 9.52 Å². The van der Waals surface area contributed by atoms with Crippen LogP contribution in [0.3, 0.4) is 0 Å². The molecule has 1 aliphatic heterocycles. The molecule has 1 atom stereocenters. The summed E-state index contributed by atoms with van der Waals surface area (Å²) in [7, 11) is 0. The number of carbonyl (C=O) groups excluding carboxylic acids is 1. The van der Waals surface area contributed by atoms with Crippen molar-refractivity contribution in [2.24, 2.45) is 0 Å². The number of aliphatic carboxylic acids is 1. The van der Waals surface area contributed by atoms with Crippen molar-refractivity contribution in [2.75, 3.05) is 6.54 Å². The normalized spacial score (nSPS) is 19.8. The molecule has 98 valence electrons. The third-order valence-corrected chi connectivity index (χ3v) is 3.51. The van der Waals surface area contributed by atoms with Crippen molar-refractivity contribution in [3.05, 3.63) is 22.6 Å². The molecule has 1 N–H and O–H groups in total. The minimum atomic E-state index is -0.875. The molecule has 0 spiro atoms. The van der Waals surface area contributed by atoms with Crippen LogP contribution in [0.15, 0.2) is 21.2 Å². The summed E-state index contributed by atoms with van der Waals surface area (Å²) in [5, 5.41) is 8.87. The summed E-state index contributed by atoms with van der Waals surface area (Å²) in [6.07, 6.45) is 2.60. The fourth-order valence-electron chi connectivity index (χ4n) is 2.25. The van der Waals surface area contributed by atoms with Gasteiger partial charge >= 0.3 is 5.97 Å². The van der Waals surface area contributed by atoms with E-state index < -0.39 is 5.97 Å². The van der Waals surface area contributed by atoms with E-state index in [1.54, 1.807) is 17.0 Å². The molecule has 0 bridgehead atoms.